The first-order chi connectivity index (χ1) is 17.1. The van der Waals surface area contributed by atoms with E-state index in [0.717, 1.165) is 86.9 Å². The van der Waals surface area contributed by atoms with Gasteiger partial charge in [-0.05, 0) is 80.4 Å². The summed E-state index contributed by atoms with van der Waals surface area (Å²) in [6.07, 6.45) is 8.90. The summed E-state index contributed by atoms with van der Waals surface area (Å²) >= 11 is 0. The van der Waals surface area contributed by atoms with Gasteiger partial charge in [0, 0.05) is 32.1 Å². The van der Waals surface area contributed by atoms with E-state index in [2.05, 4.69) is 28.9 Å². The number of hydrogen-bond acceptors (Lipinski definition) is 6. The second-order valence-electron chi connectivity index (χ2n) is 11.0. The average molecular weight is 481 g/mol. The van der Waals surface area contributed by atoms with Crippen LogP contribution in [0, 0.1) is 17.8 Å². The van der Waals surface area contributed by atoms with E-state index in [4.69, 9.17) is 9.26 Å². The van der Waals surface area contributed by atoms with Gasteiger partial charge in [0.1, 0.15) is 5.75 Å². The summed E-state index contributed by atoms with van der Waals surface area (Å²) in [6.45, 7) is 8.80. The molecule has 2 aromatic rings. The summed E-state index contributed by atoms with van der Waals surface area (Å²) in [5.41, 5.74) is 1.07. The quantitative estimate of drug-likeness (QED) is 0.499. The minimum atomic E-state index is 0.251. The third-order valence-electron chi connectivity index (χ3n) is 8.09. The largest absolute Gasteiger partial charge is 0.494 e. The first kappa shape index (κ1) is 24.1. The van der Waals surface area contributed by atoms with Crippen LogP contribution in [0.25, 0.3) is 0 Å². The van der Waals surface area contributed by atoms with Gasteiger partial charge < -0.3 is 19.1 Å². The van der Waals surface area contributed by atoms with E-state index in [0.29, 0.717) is 18.4 Å². The lowest BCUT2D eigenvalue weighted by Gasteiger charge is -2.30. The van der Waals surface area contributed by atoms with Gasteiger partial charge in [0.05, 0.1) is 13.0 Å². The Labute approximate surface area is 209 Å². The predicted molar refractivity (Wildman–Crippen MR) is 136 cm³/mol. The number of rotatable bonds is 9. The molecule has 2 unspecified atom stereocenters. The lowest BCUT2D eigenvalue weighted by molar-refractivity contribution is -0.131. The van der Waals surface area contributed by atoms with E-state index in [9.17, 15) is 4.79 Å². The number of aromatic nitrogens is 2. The number of carbonyl (C=O) groups excluding carboxylic acids is 1. The second kappa shape index (κ2) is 11.0. The molecule has 0 spiro atoms. The maximum absolute atomic E-state index is 12.5. The van der Waals surface area contributed by atoms with Gasteiger partial charge in [-0.3, -0.25) is 4.79 Å². The van der Waals surface area contributed by atoms with Gasteiger partial charge in [0.15, 0.2) is 5.82 Å². The van der Waals surface area contributed by atoms with Crippen molar-refractivity contribution in [1.29, 1.82) is 0 Å². The van der Waals surface area contributed by atoms with Gasteiger partial charge in [-0.1, -0.05) is 31.1 Å². The molecule has 5 rings (SSSR count). The van der Waals surface area contributed by atoms with Crippen molar-refractivity contribution in [2.45, 2.75) is 71.1 Å². The monoisotopic (exact) mass is 480 g/mol. The van der Waals surface area contributed by atoms with Crippen LogP contribution in [0.5, 0.6) is 5.75 Å². The van der Waals surface area contributed by atoms with Crippen molar-refractivity contribution >= 4 is 11.9 Å². The molecule has 2 saturated heterocycles. The Morgan fingerprint density at radius 1 is 1.09 bits per heavy atom. The number of benzene rings is 1. The van der Waals surface area contributed by atoms with E-state index < -0.39 is 0 Å². The normalized spacial score (nSPS) is 23.1. The van der Waals surface area contributed by atoms with E-state index in [-0.39, 0.29) is 5.91 Å². The Bertz CT molecular complexity index is 959. The number of hydrogen-bond donors (Lipinski definition) is 0. The number of piperidine rings is 2. The number of anilines is 1. The molecule has 0 bridgehead atoms. The number of amides is 1. The Balaban J connectivity index is 0.989. The molecule has 7 heteroatoms. The highest BCUT2D eigenvalue weighted by atomic mass is 16.5. The predicted octanol–water partition coefficient (Wildman–Crippen LogP) is 5.07. The summed E-state index contributed by atoms with van der Waals surface area (Å²) in [7, 11) is 0. The minimum absolute atomic E-state index is 0.251. The Kier molecular flexibility index (Phi) is 7.59. The molecule has 7 nitrogen and oxygen atoms in total. The fourth-order valence-corrected chi connectivity index (χ4v) is 5.75. The van der Waals surface area contributed by atoms with Crippen LogP contribution < -0.4 is 9.64 Å². The van der Waals surface area contributed by atoms with Crippen LogP contribution in [0.3, 0.4) is 0 Å². The van der Waals surface area contributed by atoms with Crippen molar-refractivity contribution < 1.29 is 14.1 Å². The van der Waals surface area contributed by atoms with E-state index in [1.807, 2.05) is 29.2 Å². The molecule has 2 atom stereocenters. The van der Waals surface area contributed by atoms with Crippen LogP contribution in [-0.2, 0) is 11.2 Å². The van der Waals surface area contributed by atoms with Crippen molar-refractivity contribution in [2.24, 2.45) is 17.8 Å². The Hall–Kier alpha value is -2.57. The molecule has 3 heterocycles. The molecule has 1 aromatic carbocycles. The second-order valence-corrected chi connectivity index (χ2v) is 11.0. The summed E-state index contributed by atoms with van der Waals surface area (Å²) in [5.74, 6) is 4.70. The molecular formula is C28H40N4O3. The van der Waals surface area contributed by atoms with Crippen LogP contribution in [0.4, 0.5) is 6.01 Å². The molecule has 3 aliphatic rings. The molecule has 0 radical (unpaired) electrons. The number of nitrogens with zero attached hydrogens (tertiary/aromatic N) is 4. The smallest absolute Gasteiger partial charge is 0.324 e. The van der Waals surface area contributed by atoms with Crippen molar-refractivity contribution in [3.8, 4) is 5.75 Å². The first-order valence-corrected chi connectivity index (χ1v) is 13.6. The summed E-state index contributed by atoms with van der Waals surface area (Å²) in [6, 6.07) is 8.80. The standard InChI is InChI=1S/C28H40N4O3/c1-20(2)27-29-28(35-30-27)32-15-10-22(11-16-32)25-19-23(25)12-17-34-24-8-6-21(7-9-24)18-26(33)31-13-4-3-5-14-31/h6-9,20,22-23,25H,3-5,10-19H2,1-2H3. The summed E-state index contributed by atoms with van der Waals surface area (Å²) in [4.78, 5) is 21.3. The third kappa shape index (κ3) is 6.17. The SMILES string of the molecule is CC(C)c1noc(N2CCC(C3CC3CCOc3ccc(CC(=O)N4CCCCC4)cc3)CC2)n1. The maximum Gasteiger partial charge on any atom is 0.324 e. The van der Waals surface area contributed by atoms with Crippen LogP contribution >= 0.6 is 0 Å². The topological polar surface area (TPSA) is 71.7 Å². The lowest BCUT2D eigenvalue weighted by Crippen LogP contribution is -2.36. The van der Waals surface area contributed by atoms with Gasteiger partial charge in [-0.15, -0.1) is 0 Å². The highest BCUT2D eigenvalue weighted by Gasteiger charge is 2.43. The van der Waals surface area contributed by atoms with E-state index >= 15 is 0 Å². The van der Waals surface area contributed by atoms with Gasteiger partial charge in [0.2, 0.25) is 5.91 Å². The third-order valence-corrected chi connectivity index (χ3v) is 8.09. The highest BCUT2D eigenvalue weighted by molar-refractivity contribution is 5.78. The van der Waals surface area contributed by atoms with Crippen molar-refractivity contribution in [3.63, 3.8) is 0 Å². The number of ether oxygens (including phenoxy) is 1. The highest BCUT2D eigenvalue weighted by Crippen LogP contribution is 2.50. The van der Waals surface area contributed by atoms with Gasteiger partial charge >= 0.3 is 6.01 Å². The van der Waals surface area contributed by atoms with Crippen molar-refractivity contribution in [1.82, 2.24) is 15.0 Å². The molecule has 2 aliphatic heterocycles. The minimum Gasteiger partial charge on any atom is -0.494 e. The molecular weight excluding hydrogens is 440 g/mol. The van der Waals surface area contributed by atoms with Crippen molar-refractivity contribution in [3.05, 3.63) is 35.7 Å². The molecule has 35 heavy (non-hydrogen) atoms. The van der Waals surface area contributed by atoms with Crippen LogP contribution in [0.2, 0.25) is 0 Å². The average Bonchev–Trinajstić information content (AvgIpc) is 3.48. The zero-order valence-corrected chi connectivity index (χ0v) is 21.3. The molecule has 1 aromatic heterocycles. The van der Waals surface area contributed by atoms with Crippen LogP contribution in [0.15, 0.2) is 28.8 Å². The number of likely N-dealkylation sites (tertiary alicyclic amines) is 1. The van der Waals surface area contributed by atoms with Crippen LogP contribution in [-0.4, -0.2) is 53.7 Å². The molecule has 0 N–H and O–H groups in total. The van der Waals surface area contributed by atoms with E-state index in [1.54, 1.807) is 0 Å². The fourth-order valence-electron chi connectivity index (χ4n) is 5.75. The molecule has 190 valence electrons. The van der Waals surface area contributed by atoms with Gasteiger partial charge in [0.25, 0.3) is 0 Å². The Morgan fingerprint density at radius 2 is 1.83 bits per heavy atom. The summed E-state index contributed by atoms with van der Waals surface area (Å²) in [5, 5.41) is 4.11. The first-order valence-electron chi connectivity index (χ1n) is 13.6. The van der Waals surface area contributed by atoms with Crippen LogP contribution in [0.1, 0.15) is 76.1 Å². The van der Waals surface area contributed by atoms with Gasteiger partial charge in [-0.25, -0.2) is 0 Å². The molecule has 1 aliphatic carbocycles. The molecule has 1 amide bonds. The molecule has 3 fully saturated rings. The lowest BCUT2D eigenvalue weighted by atomic mass is 9.90. The fraction of sp³-hybridized carbons (Fsp3) is 0.679. The Morgan fingerprint density at radius 3 is 2.51 bits per heavy atom. The maximum atomic E-state index is 12.5. The van der Waals surface area contributed by atoms with E-state index in [1.165, 1.54) is 25.7 Å². The number of carbonyl (C=O) groups is 1. The van der Waals surface area contributed by atoms with Gasteiger partial charge in [-0.2, -0.15) is 4.98 Å². The van der Waals surface area contributed by atoms with Crippen molar-refractivity contribution in [2.75, 3.05) is 37.7 Å². The zero-order chi connectivity index (χ0) is 24.2. The zero-order valence-electron chi connectivity index (χ0n) is 21.3. The summed E-state index contributed by atoms with van der Waals surface area (Å²) < 4.78 is 11.5. The molecule has 1 saturated carbocycles.